The summed E-state index contributed by atoms with van der Waals surface area (Å²) in [5.41, 5.74) is 2.34. The molecule has 1 N–H and O–H groups in total. The predicted octanol–water partition coefficient (Wildman–Crippen LogP) is 2.82. The Labute approximate surface area is 129 Å². The van der Waals surface area contributed by atoms with E-state index in [-0.39, 0.29) is 17.1 Å². The Hall–Kier alpha value is -3.55. The number of nitro groups is 2. The van der Waals surface area contributed by atoms with Gasteiger partial charge in [0.15, 0.2) is 5.69 Å². The van der Waals surface area contributed by atoms with Crippen molar-refractivity contribution in [1.82, 2.24) is 0 Å². The number of pyridine rings is 1. The largest absolute Gasteiger partial charge is 0.305 e. The van der Waals surface area contributed by atoms with E-state index in [1.807, 2.05) is 30.3 Å². The third kappa shape index (κ3) is 2.91. The van der Waals surface area contributed by atoms with Gasteiger partial charge in [0, 0.05) is 17.5 Å². The van der Waals surface area contributed by atoms with Gasteiger partial charge in [-0.3, -0.25) is 20.2 Å². The molecule has 8 heteroatoms. The van der Waals surface area contributed by atoms with Gasteiger partial charge in [0.05, 0.1) is 15.9 Å². The number of nitrogens with one attached hydrogen (secondary N) is 1. The number of benzene rings is 2. The zero-order chi connectivity index (χ0) is 16.4. The summed E-state index contributed by atoms with van der Waals surface area (Å²) in [4.78, 5) is 20.6. The van der Waals surface area contributed by atoms with Crippen molar-refractivity contribution >= 4 is 27.8 Å². The first-order chi connectivity index (χ1) is 11.0. The molecule has 8 nitrogen and oxygen atoms in total. The van der Waals surface area contributed by atoms with Crippen molar-refractivity contribution < 1.29 is 14.5 Å². The van der Waals surface area contributed by atoms with Gasteiger partial charge in [0.25, 0.3) is 5.69 Å². The van der Waals surface area contributed by atoms with E-state index >= 15 is 0 Å². The van der Waals surface area contributed by atoms with Gasteiger partial charge in [-0.2, -0.15) is 5.43 Å². The Kier molecular flexibility index (Phi) is 3.55. The molecule has 0 aliphatic carbocycles. The molecule has 114 valence electrons. The third-order valence-electron chi connectivity index (χ3n) is 3.33. The number of hydrogen-bond donors (Lipinski definition) is 1. The normalized spacial score (nSPS) is 10.4. The molecule has 0 spiro atoms. The van der Waals surface area contributed by atoms with E-state index in [1.165, 1.54) is 12.1 Å². The van der Waals surface area contributed by atoms with Crippen LogP contribution in [-0.2, 0) is 0 Å². The molecule has 3 aromatic rings. The number of nitrogens with zero attached hydrogens (tertiary/aromatic N) is 3. The van der Waals surface area contributed by atoms with E-state index in [9.17, 15) is 20.2 Å². The van der Waals surface area contributed by atoms with E-state index in [0.29, 0.717) is 0 Å². The van der Waals surface area contributed by atoms with Crippen LogP contribution in [0.1, 0.15) is 0 Å². The number of anilines is 1. The van der Waals surface area contributed by atoms with Gasteiger partial charge in [-0.05, 0) is 17.5 Å². The highest BCUT2D eigenvalue weighted by Gasteiger charge is 2.21. The highest BCUT2D eigenvalue weighted by molar-refractivity contribution is 5.80. The van der Waals surface area contributed by atoms with Crippen molar-refractivity contribution in [2.45, 2.75) is 0 Å². The van der Waals surface area contributed by atoms with Crippen molar-refractivity contribution in [3.63, 3.8) is 0 Å². The summed E-state index contributed by atoms with van der Waals surface area (Å²) in [5, 5.41) is 23.9. The molecule has 3 rings (SSSR count). The number of non-ortho nitro benzene ring substituents is 1. The molecule has 0 saturated carbocycles. The van der Waals surface area contributed by atoms with Gasteiger partial charge in [0.1, 0.15) is 0 Å². The Morgan fingerprint density at radius 3 is 2.35 bits per heavy atom. The predicted molar refractivity (Wildman–Crippen MR) is 82.9 cm³/mol. The van der Waals surface area contributed by atoms with Crippen molar-refractivity contribution in [3.05, 3.63) is 81.2 Å². The molecule has 23 heavy (non-hydrogen) atoms. The first-order valence-corrected chi connectivity index (χ1v) is 6.64. The quantitative estimate of drug-likeness (QED) is 0.453. The number of aromatic nitrogens is 1. The average molecular weight is 311 g/mol. The van der Waals surface area contributed by atoms with E-state index in [2.05, 4.69) is 5.43 Å². The fourth-order valence-electron chi connectivity index (χ4n) is 2.22. The van der Waals surface area contributed by atoms with Gasteiger partial charge in [-0.15, -0.1) is 0 Å². The van der Waals surface area contributed by atoms with Crippen LogP contribution >= 0.6 is 0 Å². The van der Waals surface area contributed by atoms with Crippen LogP contribution in [-0.4, -0.2) is 9.85 Å². The molecular formula is C15H11N4O4+. The number of rotatable bonds is 4. The molecule has 0 unspecified atom stereocenters. The molecule has 0 aliphatic heterocycles. The molecular weight excluding hydrogens is 300 g/mol. The van der Waals surface area contributed by atoms with Crippen LogP contribution in [0.5, 0.6) is 0 Å². The highest BCUT2D eigenvalue weighted by Crippen LogP contribution is 2.28. The lowest BCUT2D eigenvalue weighted by Gasteiger charge is -2.03. The second-order valence-corrected chi connectivity index (χ2v) is 4.81. The molecule has 2 aromatic carbocycles. The summed E-state index contributed by atoms with van der Waals surface area (Å²) < 4.78 is 1.57. The standard InChI is InChI=1S/C15H11N4O4/c20-18(21)13-5-6-14(15(9-13)19(22)23)16-17-8-7-11-3-1-2-4-12(11)10-17/h1-10,16H/q+1. The molecule has 0 radical (unpaired) electrons. The molecule has 0 saturated heterocycles. The van der Waals surface area contributed by atoms with Crippen molar-refractivity contribution in [2.24, 2.45) is 0 Å². The lowest BCUT2D eigenvalue weighted by atomic mass is 10.2. The maximum atomic E-state index is 11.1. The SMILES string of the molecule is O=[N+]([O-])c1ccc(N[n+]2ccc3ccccc3c2)c([N+](=O)[O-])c1. The molecule has 0 aliphatic rings. The van der Waals surface area contributed by atoms with Crippen LogP contribution in [0.2, 0.25) is 0 Å². The van der Waals surface area contributed by atoms with Crippen LogP contribution in [0.25, 0.3) is 10.8 Å². The van der Waals surface area contributed by atoms with E-state index in [1.54, 1.807) is 17.1 Å². The Morgan fingerprint density at radius 1 is 0.913 bits per heavy atom. The van der Waals surface area contributed by atoms with E-state index in [0.717, 1.165) is 16.8 Å². The summed E-state index contributed by atoms with van der Waals surface area (Å²) >= 11 is 0. The number of hydrogen-bond acceptors (Lipinski definition) is 5. The number of fused-ring (bicyclic) bond motifs is 1. The maximum Gasteiger partial charge on any atom is 0.305 e. The Balaban J connectivity index is 2.00. The summed E-state index contributed by atoms with van der Waals surface area (Å²) in [6, 6.07) is 13.0. The third-order valence-corrected chi connectivity index (χ3v) is 3.33. The smallest absolute Gasteiger partial charge is 0.258 e. The molecule has 0 bridgehead atoms. The zero-order valence-electron chi connectivity index (χ0n) is 11.7. The lowest BCUT2D eigenvalue weighted by Crippen LogP contribution is -2.41. The van der Waals surface area contributed by atoms with Gasteiger partial charge in [-0.25, -0.2) is 0 Å². The summed E-state index contributed by atoms with van der Waals surface area (Å²) in [7, 11) is 0. The monoisotopic (exact) mass is 311 g/mol. The second kappa shape index (κ2) is 5.68. The summed E-state index contributed by atoms with van der Waals surface area (Å²) in [6.07, 6.45) is 3.49. The molecule has 1 aromatic heterocycles. The first-order valence-electron chi connectivity index (χ1n) is 6.64. The maximum absolute atomic E-state index is 11.1. The molecule has 0 fully saturated rings. The van der Waals surface area contributed by atoms with Crippen LogP contribution in [0.3, 0.4) is 0 Å². The van der Waals surface area contributed by atoms with Gasteiger partial charge in [-0.1, -0.05) is 22.9 Å². The zero-order valence-corrected chi connectivity index (χ0v) is 11.7. The lowest BCUT2D eigenvalue weighted by molar-refractivity contribution is -0.641. The summed E-state index contributed by atoms with van der Waals surface area (Å²) in [6.45, 7) is 0. The number of nitro benzene ring substituents is 2. The minimum Gasteiger partial charge on any atom is -0.258 e. The fourth-order valence-corrected chi connectivity index (χ4v) is 2.22. The van der Waals surface area contributed by atoms with Crippen LogP contribution < -0.4 is 10.1 Å². The fraction of sp³-hybridized carbons (Fsp3) is 0. The highest BCUT2D eigenvalue weighted by atomic mass is 16.6. The van der Waals surface area contributed by atoms with Crippen molar-refractivity contribution in [2.75, 3.05) is 5.43 Å². The first kappa shape index (κ1) is 14.4. The topological polar surface area (TPSA) is 102 Å². The minimum absolute atomic E-state index is 0.167. The van der Waals surface area contributed by atoms with Crippen LogP contribution in [0.4, 0.5) is 17.1 Å². The van der Waals surface area contributed by atoms with Gasteiger partial charge >= 0.3 is 5.69 Å². The van der Waals surface area contributed by atoms with E-state index in [4.69, 9.17) is 0 Å². The average Bonchev–Trinajstić information content (AvgIpc) is 2.54. The van der Waals surface area contributed by atoms with Gasteiger partial charge < -0.3 is 0 Å². The van der Waals surface area contributed by atoms with E-state index < -0.39 is 9.85 Å². The van der Waals surface area contributed by atoms with Crippen molar-refractivity contribution in [1.29, 1.82) is 0 Å². The Bertz CT molecular complexity index is 926. The second-order valence-electron chi connectivity index (χ2n) is 4.81. The molecule has 0 atom stereocenters. The molecule has 0 amide bonds. The van der Waals surface area contributed by atoms with Crippen LogP contribution in [0, 0.1) is 20.2 Å². The summed E-state index contributed by atoms with van der Waals surface area (Å²) in [5.74, 6) is 0. The minimum atomic E-state index is -0.667. The van der Waals surface area contributed by atoms with Gasteiger partial charge in [0.2, 0.25) is 12.4 Å². The van der Waals surface area contributed by atoms with Crippen molar-refractivity contribution in [3.8, 4) is 0 Å². The Morgan fingerprint density at radius 2 is 1.65 bits per heavy atom. The molecule has 1 heterocycles. The van der Waals surface area contributed by atoms with Crippen LogP contribution in [0.15, 0.2) is 60.9 Å².